The van der Waals surface area contributed by atoms with Crippen molar-refractivity contribution < 1.29 is 44.8 Å². The Hall–Kier alpha value is -3.92. The predicted molar refractivity (Wildman–Crippen MR) is 134 cm³/mol. The van der Waals surface area contributed by atoms with Crippen LogP contribution in [-0.2, 0) is 19.6 Å². The monoisotopic (exact) mass is 556 g/mol. The van der Waals surface area contributed by atoms with Crippen LogP contribution in [-0.4, -0.2) is 37.3 Å². The standard InChI is InChI=1S/C25H27F3N2O7S/c1-23(2,3)35-21(31)29-18-10-8-7-9-17(18)13-11-16-12-14-20(37-38(33,34)25(26,27)28)19(15-16)30-22(32)36-24(4,5)6/h7-10,12,14-15H,1-6H3,(H,29,31)(H,30,32). The molecule has 13 heteroatoms. The van der Waals surface area contributed by atoms with Crippen molar-refractivity contribution in [3.8, 4) is 17.6 Å². The van der Waals surface area contributed by atoms with Crippen molar-refractivity contribution in [3.63, 3.8) is 0 Å². The van der Waals surface area contributed by atoms with Gasteiger partial charge < -0.3 is 13.7 Å². The second kappa shape index (κ2) is 11.2. The van der Waals surface area contributed by atoms with Gasteiger partial charge in [-0.3, -0.25) is 10.6 Å². The molecule has 2 rings (SSSR count). The van der Waals surface area contributed by atoms with E-state index in [0.29, 0.717) is 11.3 Å². The summed E-state index contributed by atoms with van der Waals surface area (Å²) in [5, 5.41) is 4.76. The van der Waals surface area contributed by atoms with Crippen LogP contribution in [0.1, 0.15) is 52.7 Å². The molecule has 0 bridgehead atoms. The molecule has 38 heavy (non-hydrogen) atoms. The number of alkyl halides is 3. The molecule has 2 aromatic carbocycles. The van der Waals surface area contributed by atoms with Gasteiger partial charge in [0.25, 0.3) is 0 Å². The van der Waals surface area contributed by atoms with Crippen LogP contribution in [0.2, 0.25) is 0 Å². The lowest BCUT2D eigenvalue weighted by atomic mass is 10.1. The van der Waals surface area contributed by atoms with Crippen LogP contribution in [0.4, 0.5) is 34.1 Å². The summed E-state index contributed by atoms with van der Waals surface area (Å²) in [6.45, 7) is 9.78. The molecule has 0 saturated heterocycles. The third kappa shape index (κ3) is 9.51. The van der Waals surface area contributed by atoms with Gasteiger partial charge in [-0.2, -0.15) is 21.6 Å². The molecule has 2 aromatic rings. The van der Waals surface area contributed by atoms with E-state index in [4.69, 9.17) is 9.47 Å². The van der Waals surface area contributed by atoms with Gasteiger partial charge >= 0.3 is 27.8 Å². The van der Waals surface area contributed by atoms with Crippen molar-refractivity contribution >= 4 is 33.7 Å². The molecule has 2 N–H and O–H groups in total. The van der Waals surface area contributed by atoms with Gasteiger partial charge in [-0.1, -0.05) is 24.0 Å². The average molecular weight is 557 g/mol. The van der Waals surface area contributed by atoms with E-state index < -0.39 is 50.5 Å². The lowest BCUT2D eigenvalue weighted by Crippen LogP contribution is -2.29. The molecule has 0 atom stereocenters. The SMILES string of the molecule is CC(C)(C)OC(=O)Nc1ccccc1C#Cc1ccc(OS(=O)(=O)C(F)(F)F)c(NC(=O)OC(C)(C)C)c1. The van der Waals surface area contributed by atoms with Crippen molar-refractivity contribution in [1.82, 2.24) is 0 Å². The first-order valence-corrected chi connectivity index (χ1v) is 12.4. The molecule has 0 aliphatic heterocycles. The van der Waals surface area contributed by atoms with Crippen LogP contribution < -0.4 is 14.8 Å². The number of carbonyl (C=O) groups is 2. The third-order valence-electron chi connectivity index (χ3n) is 4.00. The van der Waals surface area contributed by atoms with Gasteiger partial charge in [-0.05, 0) is 71.9 Å². The fourth-order valence-corrected chi connectivity index (χ4v) is 3.09. The number of benzene rings is 2. The summed E-state index contributed by atoms with van der Waals surface area (Å²) in [5.74, 6) is 4.75. The fourth-order valence-electron chi connectivity index (χ4n) is 2.61. The van der Waals surface area contributed by atoms with Crippen molar-refractivity contribution in [1.29, 1.82) is 0 Å². The Bertz CT molecular complexity index is 1360. The third-order valence-corrected chi connectivity index (χ3v) is 4.97. The lowest BCUT2D eigenvalue weighted by Gasteiger charge is -2.20. The molecule has 0 saturated carbocycles. The molecule has 0 aliphatic carbocycles. The lowest BCUT2D eigenvalue weighted by molar-refractivity contribution is -0.0499. The number of nitrogens with one attached hydrogen (secondary N) is 2. The van der Waals surface area contributed by atoms with E-state index in [9.17, 15) is 31.2 Å². The summed E-state index contributed by atoms with van der Waals surface area (Å²) in [5.41, 5.74) is -6.94. The smallest absolute Gasteiger partial charge is 0.444 e. The molecule has 9 nitrogen and oxygen atoms in total. The first-order chi connectivity index (χ1) is 17.3. The van der Waals surface area contributed by atoms with Gasteiger partial charge in [0.05, 0.1) is 11.4 Å². The summed E-state index contributed by atoms with van der Waals surface area (Å²) in [6, 6.07) is 9.73. The van der Waals surface area contributed by atoms with Gasteiger partial charge in [-0.25, -0.2) is 9.59 Å². The van der Waals surface area contributed by atoms with E-state index in [0.717, 1.165) is 12.1 Å². The largest absolute Gasteiger partial charge is 0.534 e. The average Bonchev–Trinajstić information content (AvgIpc) is 2.71. The molecule has 206 valence electrons. The Kier molecular flexibility index (Phi) is 8.95. The number of halogens is 3. The summed E-state index contributed by atoms with van der Waals surface area (Å²) in [7, 11) is -6.02. The van der Waals surface area contributed by atoms with Crippen LogP contribution in [0.5, 0.6) is 5.75 Å². The second-order valence-electron chi connectivity index (χ2n) is 9.74. The quantitative estimate of drug-likeness (QED) is 0.269. The number of hydrogen-bond donors (Lipinski definition) is 2. The van der Waals surface area contributed by atoms with Crippen LogP contribution in [0.25, 0.3) is 0 Å². The maximum absolute atomic E-state index is 12.9. The van der Waals surface area contributed by atoms with E-state index in [-0.39, 0.29) is 5.56 Å². The van der Waals surface area contributed by atoms with Gasteiger partial charge in [0.2, 0.25) is 0 Å². The molecule has 0 fully saturated rings. The zero-order valence-electron chi connectivity index (χ0n) is 21.4. The zero-order chi connectivity index (χ0) is 28.9. The van der Waals surface area contributed by atoms with Crippen LogP contribution >= 0.6 is 0 Å². The maximum atomic E-state index is 12.9. The highest BCUT2D eigenvalue weighted by atomic mass is 32.2. The van der Waals surface area contributed by atoms with Crippen molar-refractivity contribution in [3.05, 3.63) is 53.6 Å². The highest BCUT2D eigenvalue weighted by Gasteiger charge is 2.49. The van der Waals surface area contributed by atoms with E-state index in [1.165, 1.54) is 6.07 Å². The topological polar surface area (TPSA) is 120 Å². The van der Waals surface area contributed by atoms with Crippen LogP contribution in [0.15, 0.2) is 42.5 Å². The Labute approximate surface area is 218 Å². The molecular weight excluding hydrogens is 529 g/mol. The summed E-state index contributed by atoms with van der Waals surface area (Å²) < 4.78 is 76.2. The second-order valence-corrected chi connectivity index (χ2v) is 11.3. The van der Waals surface area contributed by atoms with Crippen molar-refractivity contribution in [2.24, 2.45) is 0 Å². The zero-order valence-corrected chi connectivity index (χ0v) is 22.3. The number of para-hydroxylation sites is 1. The number of hydrogen-bond acceptors (Lipinski definition) is 7. The highest BCUT2D eigenvalue weighted by molar-refractivity contribution is 7.88. The first-order valence-electron chi connectivity index (χ1n) is 11.0. The molecule has 0 spiro atoms. The summed E-state index contributed by atoms with van der Waals surface area (Å²) >= 11 is 0. The Morgan fingerprint density at radius 1 is 0.789 bits per heavy atom. The van der Waals surface area contributed by atoms with Gasteiger partial charge in [-0.15, -0.1) is 0 Å². The molecule has 0 radical (unpaired) electrons. The van der Waals surface area contributed by atoms with E-state index in [1.54, 1.807) is 65.8 Å². The van der Waals surface area contributed by atoms with Crippen molar-refractivity contribution in [2.75, 3.05) is 10.6 Å². The van der Waals surface area contributed by atoms with E-state index in [1.807, 2.05) is 0 Å². The minimum atomic E-state index is -6.02. The normalized spacial score (nSPS) is 12.0. The highest BCUT2D eigenvalue weighted by Crippen LogP contribution is 2.32. The Morgan fingerprint density at radius 2 is 1.32 bits per heavy atom. The maximum Gasteiger partial charge on any atom is 0.534 e. The first kappa shape index (κ1) is 30.3. The summed E-state index contributed by atoms with van der Waals surface area (Å²) in [6.07, 6.45) is -1.77. The van der Waals surface area contributed by atoms with Gasteiger partial charge in [0.1, 0.15) is 11.2 Å². The van der Waals surface area contributed by atoms with E-state index >= 15 is 0 Å². The number of amides is 2. The Morgan fingerprint density at radius 3 is 1.84 bits per heavy atom. The predicted octanol–water partition coefficient (Wildman–Crippen LogP) is 6.01. The number of anilines is 2. The fraction of sp³-hybridized carbons (Fsp3) is 0.360. The minimum absolute atomic E-state index is 0.167. The molecule has 0 heterocycles. The van der Waals surface area contributed by atoms with Crippen LogP contribution in [0.3, 0.4) is 0 Å². The van der Waals surface area contributed by atoms with Gasteiger partial charge in [0, 0.05) is 11.1 Å². The van der Waals surface area contributed by atoms with E-state index in [2.05, 4.69) is 26.7 Å². The number of carbonyl (C=O) groups excluding carboxylic acids is 2. The number of ether oxygens (including phenoxy) is 2. The minimum Gasteiger partial charge on any atom is -0.444 e. The van der Waals surface area contributed by atoms with Crippen molar-refractivity contribution in [2.45, 2.75) is 58.3 Å². The number of rotatable bonds is 4. The molecule has 2 amide bonds. The summed E-state index contributed by atoms with van der Waals surface area (Å²) in [4.78, 5) is 24.4. The van der Waals surface area contributed by atoms with Gasteiger partial charge in [0.15, 0.2) is 5.75 Å². The molecule has 0 unspecified atom stereocenters. The Balaban J connectivity index is 2.43. The molecular formula is C25H27F3N2O7S. The van der Waals surface area contributed by atoms with Crippen LogP contribution in [0, 0.1) is 11.8 Å². The molecule has 0 aliphatic rings. The molecule has 0 aromatic heterocycles.